The Balaban J connectivity index is 2.12. The van der Waals surface area contributed by atoms with Gasteiger partial charge in [-0.25, -0.2) is 0 Å². The van der Waals surface area contributed by atoms with Crippen LogP contribution in [0.25, 0.3) is 0 Å². The summed E-state index contributed by atoms with van der Waals surface area (Å²) >= 11 is 0. The lowest BCUT2D eigenvalue weighted by atomic mass is 10.3. The first-order chi connectivity index (χ1) is 5.86. The monoisotopic (exact) mass is 168 g/mol. The van der Waals surface area contributed by atoms with Crippen LogP contribution in [0.4, 0.5) is 0 Å². The highest BCUT2D eigenvalue weighted by Crippen LogP contribution is 2.08. The number of nitrogens with zero attached hydrogens (tertiary/aromatic N) is 1. The highest BCUT2D eigenvalue weighted by Gasteiger charge is 2.19. The number of rotatable bonds is 5. The summed E-state index contributed by atoms with van der Waals surface area (Å²) in [6.45, 7) is 10.7. The van der Waals surface area contributed by atoms with Gasteiger partial charge >= 0.3 is 0 Å². The van der Waals surface area contributed by atoms with Crippen LogP contribution < -0.4 is 5.32 Å². The third-order valence-electron chi connectivity index (χ3n) is 2.41. The van der Waals surface area contributed by atoms with E-state index >= 15 is 0 Å². The van der Waals surface area contributed by atoms with E-state index in [4.69, 9.17) is 0 Å². The predicted octanol–water partition coefficient (Wildman–Crippen LogP) is 1.25. The SMILES string of the molecule is C=CCCN1CCC(NCC)C1. The summed E-state index contributed by atoms with van der Waals surface area (Å²) in [7, 11) is 0. The van der Waals surface area contributed by atoms with Crippen molar-refractivity contribution in [1.29, 1.82) is 0 Å². The zero-order valence-electron chi connectivity index (χ0n) is 8.05. The molecule has 0 saturated carbocycles. The van der Waals surface area contributed by atoms with Crippen LogP contribution >= 0.6 is 0 Å². The van der Waals surface area contributed by atoms with Crippen LogP contribution in [0.5, 0.6) is 0 Å². The highest BCUT2D eigenvalue weighted by molar-refractivity contribution is 4.81. The van der Waals surface area contributed by atoms with Crippen LogP contribution in [0.2, 0.25) is 0 Å². The van der Waals surface area contributed by atoms with Crippen molar-refractivity contribution in [2.75, 3.05) is 26.2 Å². The maximum Gasteiger partial charge on any atom is 0.0207 e. The average Bonchev–Trinajstić information content (AvgIpc) is 2.50. The summed E-state index contributed by atoms with van der Waals surface area (Å²) in [6, 6.07) is 0.736. The van der Waals surface area contributed by atoms with Crippen LogP contribution in [-0.4, -0.2) is 37.1 Å². The molecule has 1 unspecified atom stereocenters. The molecule has 0 amide bonds. The van der Waals surface area contributed by atoms with Crippen LogP contribution in [0.15, 0.2) is 12.7 Å². The van der Waals surface area contributed by atoms with E-state index in [9.17, 15) is 0 Å². The maximum absolute atomic E-state index is 3.73. The van der Waals surface area contributed by atoms with Gasteiger partial charge in [0.25, 0.3) is 0 Å². The minimum Gasteiger partial charge on any atom is -0.313 e. The molecule has 1 aliphatic rings. The van der Waals surface area contributed by atoms with Crippen molar-refractivity contribution < 1.29 is 0 Å². The van der Waals surface area contributed by atoms with Gasteiger partial charge in [-0.2, -0.15) is 0 Å². The molecule has 12 heavy (non-hydrogen) atoms. The van der Waals surface area contributed by atoms with Crippen molar-refractivity contribution in [3.63, 3.8) is 0 Å². The standard InChI is InChI=1S/C10H20N2/c1-3-5-7-12-8-6-10(9-12)11-4-2/h3,10-11H,1,4-9H2,2H3. The second-order valence-electron chi connectivity index (χ2n) is 3.42. The lowest BCUT2D eigenvalue weighted by molar-refractivity contribution is 0.335. The highest BCUT2D eigenvalue weighted by atomic mass is 15.2. The van der Waals surface area contributed by atoms with Crippen molar-refractivity contribution in [3.8, 4) is 0 Å². The van der Waals surface area contributed by atoms with Crippen molar-refractivity contribution in [3.05, 3.63) is 12.7 Å². The van der Waals surface area contributed by atoms with E-state index in [0.717, 1.165) is 19.0 Å². The fourth-order valence-corrected chi connectivity index (χ4v) is 1.76. The normalized spacial score (nSPS) is 24.6. The van der Waals surface area contributed by atoms with Crippen molar-refractivity contribution in [1.82, 2.24) is 10.2 Å². The van der Waals surface area contributed by atoms with Gasteiger partial charge < -0.3 is 10.2 Å². The quantitative estimate of drug-likeness (QED) is 0.621. The molecular formula is C10H20N2. The zero-order chi connectivity index (χ0) is 8.81. The minimum absolute atomic E-state index is 0.736. The summed E-state index contributed by atoms with van der Waals surface area (Å²) in [5.41, 5.74) is 0. The molecular weight excluding hydrogens is 148 g/mol. The van der Waals surface area contributed by atoms with Crippen molar-refractivity contribution in [2.24, 2.45) is 0 Å². The van der Waals surface area contributed by atoms with E-state index in [2.05, 4.69) is 23.7 Å². The molecule has 2 heteroatoms. The molecule has 0 aromatic heterocycles. The number of hydrogen-bond donors (Lipinski definition) is 1. The Kier molecular flexibility index (Phi) is 4.33. The fraction of sp³-hybridized carbons (Fsp3) is 0.800. The van der Waals surface area contributed by atoms with E-state index in [1.807, 2.05) is 6.08 Å². The molecule has 1 saturated heterocycles. The minimum atomic E-state index is 0.736. The van der Waals surface area contributed by atoms with Gasteiger partial charge in [0.05, 0.1) is 0 Å². The molecule has 1 aliphatic heterocycles. The Morgan fingerprint density at radius 3 is 3.17 bits per heavy atom. The molecule has 1 atom stereocenters. The molecule has 0 spiro atoms. The van der Waals surface area contributed by atoms with Gasteiger partial charge in [-0.15, -0.1) is 6.58 Å². The molecule has 0 bridgehead atoms. The molecule has 2 nitrogen and oxygen atoms in total. The van der Waals surface area contributed by atoms with Crippen LogP contribution in [0, 0.1) is 0 Å². The summed E-state index contributed by atoms with van der Waals surface area (Å²) < 4.78 is 0. The third kappa shape index (κ3) is 2.95. The first kappa shape index (κ1) is 9.75. The van der Waals surface area contributed by atoms with Gasteiger partial charge in [0.1, 0.15) is 0 Å². The van der Waals surface area contributed by atoms with Crippen molar-refractivity contribution >= 4 is 0 Å². The summed E-state index contributed by atoms with van der Waals surface area (Å²) in [5.74, 6) is 0. The molecule has 1 fully saturated rings. The lowest BCUT2D eigenvalue weighted by Gasteiger charge is -2.14. The molecule has 1 rings (SSSR count). The molecule has 1 heterocycles. The molecule has 0 radical (unpaired) electrons. The van der Waals surface area contributed by atoms with Gasteiger partial charge in [0.2, 0.25) is 0 Å². The molecule has 0 aromatic rings. The van der Waals surface area contributed by atoms with Crippen LogP contribution in [0.3, 0.4) is 0 Å². The predicted molar refractivity (Wildman–Crippen MR) is 53.3 cm³/mol. The third-order valence-corrected chi connectivity index (χ3v) is 2.41. The zero-order valence-corrected chi connectivity index (χ0v) is 8.05. The first-order valence-electron chi connectivity index (χ1n) is 4.93. The van der Waals surface area contributed by atoms with E-state index in [1.165, 1.54) is 26.1 Å². The fourth-order valence-electron chi connectivity index (χ4n) is 1.76. The van der Waals surface area contributed by atoms with Crippen LogP contribution in [-0.2, 0) is 0 Å². The number of hydrogen-bond acceptors (Lipinski definition) is 2. The first-order valence-corrected chi connectivity index (χ1v) is 4.93. The van der Waals surface area contributed by atoms with Gasteiger partial charge in [0.15, 0.2) is 0 Å². The topological polar surface area (TPSA) is 15.3 Å². The van der Waals surface area contributed by atoms with Crippen molar-refractivity contribution in [2.45, 2.75) is 25.8 Å². The van der Waals surface area contributed by atoms with E-state index in [1.54, 1.807) is 0 Å². The van der Waals surface area contributed by atoms with E-state index in [-0.39, 0.29) is 0 Å². The maximum atomic E-state index is 3.73. The Morgan fingerprint density at radius 1 is 1.67 bits per heavy atom. The Bertz CT molecular complexity index is 134. The van der Waals surface area contributed by atoms with Gasteiger partial charge in [-0.05, 0) is 25.9 Å². The molecule has 70 valence electrons. The average molecular weight is 168 g/mol. The van der Waals surface area contributed by atoms with Gasteiger partial charge in [-0.3, -0.25) is 0 Å². The summed E-state index contributed by atoms with van der Waals surface area (Å²) in [6.07, 6.45) is 4.43. The van der Waals surface area contributed by atoms with E-state index < -0.39 is 0 Å². The Morgan fingerprint density at radius 2 is 2.50 bits per heavy atom. The Labute approximate surface area is 75.6 Å². The molecule has 1 N–H and O–H groups in total. The Hall–Kier alpha value is -0.340. The smallest absolute Gasteiger partial charge is 0.0207 e. The van der Waals surface area contributed by atoms with E-state index in [0.29, 0.717) is 0 Å². The number of nitrogens with one attached hydrogen (secondary N) is 1. The second-order valence-corrected chi connectivity index (χ2v) is 3.42. The summed E-state index contributed by atoms with van der Waals surface area (Å²) in [5, 5.41) is 3.48. The number of likely N-dealkylation sites (N-methyl/N-ethyl adjacent to an activating group) is 1. The van der Waals surface area contributed by atoms with Gasteiger partial charge in [-0.1, -0.05) is 13.0 Å². The number of likely N-dealkylation sites (tertiary alicyclic amines) is 1. The molecule has 0 aromatic carbocycles. The summed E-state index contributed by atoms with van der Waals surface area (Å²) in [4.78, 5) is 2.51. The lowest BCUT2D eigenvalue weighted by Crippen LogP contribution is -2.32. The molecule has 0 aliphatic carbocycles. The van der Waals surface area contributed by atoms with Gasteiger partial charge in [0, 0.05) is 19.1 Å². The second kappa shape index (κ2) is 5.33. The largest absolute Gasteiger partial charge is 0.313 e. The van der Waals surface area contributed by atoms with Crippen LogP contribution in [0.1, 0.15) is 19.8 Å².